The Morgan fingerprint density at radius 1 is 0.964 bits per heavy atom. The maximum absolute atomic E-state index is 12.2. The second-order valence-corrected chi connectivity index (χ2v) is 6.74. The van der Waals surface area contributed by atoms with Gasteiger partial charge in [-0.3, -0.25) is 4.79 Å². The van der Waals surface area contributed by atoms with Crippen LogP contribution >= 0.6 is 0 Å². The summed E-state index contributed by atoms with van der Waals surface area (Å²) in [5.41, 5.74) is 2.07. The van der Waals surface area contributed by atoms with Gasteiger partial charge < -0.3 is 19.5 Å². The van der Waals surface area contributed by atoms with Crippen molar-refractivity contribution in [3.63, 3.8) is 0 Å². The molecule has 152 valence electrons. The van der Waals surface area contributed by atoms with Gasteiger partial charge in [-0.1, -0.05) is 18.2 Å². The van der Waals surface area contributed by atoms with Crippen LogP contribution in [0.3, 0.4) is 0 Å². The molecule has 0 aliphatic carbocycles. The number of benzene rings is 2. The second-order valence-electron chi connectivity index (χ2n) is 6.74. The van der Waals surface area contributed by atoms with E-state index in [2.05, 4.69) is 5.32 Å². The Bertz CT molecular complexity index is 758. The van der Waals surface area contributed by atoms with Gasteiger partial charge in [0, 0.05) is 13.0 Å². The zero-order valence-corrected chi connectivity index (χ0v) is 17.3. The lowest BCUT2D eigenvalue weighted by atomic mass is 10.1. The molecule has 2 aromatic carbocycles. The summed E-state index contributed by atoms with van der Waals surface area (Å²) in [6.45, 7) is 9.52. The largest absolute Gasteiger partial charge is 0.491 e. The van der Waals surface area contributed by atoms with Crippen LogP contribution in [0.2, 0.25) is 0 Å². The van der Waals surface area contributed by atoms with Crippen molar-refractivity contribution < 1.29 is 19.0 Å². The zero-order valence-electron chi connectivity index (χ0n) is 17.3. The van der Waals surface area contributed by atoms with Gasteiger partial charge in [-0.25, -0.2) is 0 Å². The Labute approximate surface area is 168 Å². The van der Waals surface area contributed by atoms with Gasteiger partial charge in [0.25, 0.3) is 0 Å². The fourth-order valence-corrected chi connectivity index (χ4v) is 2.80. The lowest BCUT2D eigenvalue weighted by Gasteiger charge is -2.13. The third-order valence-corrected chi connectivity index (χ3v) is 4.01. The summed E-state index contributed by atoms with van der Waals surface area (Å²) in [7, 11) is 0. The number of hydrogen-bond acceptors (Lipinski definition) is 4. The van der Waals surface area contributed by atoms with Crippen molar-refractivity contribution in [3.8, 4) is 17.2 Å². The number of carbonyl (C=O) groups is 1. The summed E-state index contributed by atoms with van der Waals surface area (Å²) < 4.78 is 16.9. The molecule has 0 atom stereocenters. The Morgan fingerprint density at radius 3 is 2.43 bits per heavy atom. The second kappa shape index (κ2) is 11.2. The molecule has 0 heterocycles. The summed E-state index contributed by atoms with van der Waals surface area (Å²) >= 11 is 0. The summed E-state index contributed by atoms with van der Waals surface area (Å²) in [5, 5.41) is 2.97. The molecule has 1 amide bonds. The van der Waals surface area contributed by atoms with Gasteiger partial charge in [-0.05, 0) is 69.5 Å². The molecular weight excluding hydrogens is 354 g/mol. The normalized spacial score (nSPS) is 10.6. The van der Waals surface area contributed by atoms with Crippen LogP contribution in [0.15, 0.2) is 42.5 Å². The minimum atomic E-state index is 0.0158. The van der Waals surface area contributed by atoms with Crippen LogP contribution in [-0.4, -0.2) is 25.2 Å². The van der Waals surface area contributed by atoms with Crippen LogP contribution in [0.1, 0.15) is 45.2 Å². The number of carbonyl (C=O) groups excluding carboxylic acids is 1. The highest BCUT2D eigenvalue weighted by molar-refractivity contribution is 5.76. The number of hydrogen-bond donors (Lipinski definition) is 1. The molecule has 2 rings (SSSR count). The summed E-state index contributed by atoms with van der Waals surface area (Å²) in [6.07, 6.45) is 1.19. The molecule has 5 heteroatoms. The first-order chi connectivity index (χ1) is 13.5. The van der Waals surface area contributed by atoms with Crippen molar-refractivity contribution in [3.05, 3.63) is 53.6 Å². The third-order valence-electron chi connectivity index (χ3n) is 4.01. The Balaban J connectivity index is 1.86. The number of aryl methyl sites for hydroxylation is 1. The van der Waals surface area contributed by atoms with E-state index in [1.54, 1.807) is 0 Å². The van der Waals surface area contributed by atoms with E-state index in [1.807, 2.05) is 70.2 Å². The Kier molecular flexibility index (Phi) is 8.66. The van der Waals surface area contributed by atoms with Crippen molar-refractivity contribution in [1.82, 2.24) is 5.32 Å². The van der Waals surface area contributed by atoms with Crippen LogP contribution < -0.4 is 19.5 Å². The number of amides is 1. The number of ether oxygens (including phenoxy) is 3. The van der Waals surface area contributed by atoms with E-state index in [1.165, 1.54) is 0 Å². The molecule has 0 bridgehead atoms. The summed E-state index contributed by atoms with van der Waals surface area (Å²) in [6, 6.07) is 13.6. The van der Waals surface area contributed by atoms with Crippen LogP contribution in [-0.2, 0) is 17.8 Å². The first-order valence-electron chi connectivity index (χ1n) is 9.92. The fraction of sp³-hybridized carbons (Fsp3) is 0.435. The molecule has 0 saturated heterocycles. The van der Waals surface area contributed by atoms with Crippen LogP contribution in [0.4, 0.5) is 0 Å². The van der Waals surface area contributed by atoms with E-state index in [4.69, 9.17) is 14.2 Å². The van der Waals surface area contributed by atoms with Gasteiger partial charge in [-0.15, -0.1) is 0 Å². The average Bonchev–Trinajstić information content (AvgIpc) is 2.66. The van der Waals surface area contributed by atoms with Crippen LogP contribution in [0, 0.1) is 0 Å². The van der Waals surface area contributed by atoms with Crippen molar-refractivity contribution in [2.45, 2.75) is 53.2 Å². The lowest BCUT2D eigenvalue weighted by Crippen LogP contribution is -2.23. The highest BCUT2D eigenvalue weighted by atomic mass is 16.5. The van der Waals surface area contributed by atoms with E-state index < -0.39 is 0 Å². The van der Waals surface area contributed by atoms with Crippen molar-refractivity contribution >= 4 is 5.91 Å². The van der Waals surface area contributed by atoms with E-state index in [0.717, 1.165) is 28.4 Å². The van der Waals surface area contributed by atoms with E-state index in [0.29, 0.717) is 32.6 Å². The molecular formula is C23H31NO4. The van der Waals surface area contributed by atoms with Gasteiger partial charge in [0.1, 0.15) is 5.75 Å². The predicted molar refractivity (Wildman–Crippen MR) is 111 cm³/mol. The van der Waals surface area contributed by atoms with Gasteiger partial charge in [0.05, 0.1) is 19.3 Å². The van der Waals surface area contributed by atoms with Gasteiger partial charge in [0.15, 0.2) is 11.5 Å². The SMILES string of the molecule is CCOc1ccc(CCC(=O)NCc2cccc(OC(C)C)c2)cc1OCC. The molecule has 0 unspecified atom stereocenters. The first-order valence-corrected chi connectivity index (χ1v) is 9.92. The van der Waals surface area contributed by atoms with Gasteiger partial charge in [-0.2, -0.15) is 0 Å². The average molecular weight is 386 g/mol. The third kappa shape index (κ3) is 7.14. The van der Waals surface area contributed by atoms with Gasteiger partial charge in [0.2, 0.25) is 5.91 Å². The molecule has 5 nitrogen and oxygen atoms in total. The molecule has 0 aliphatic rings. The predicted octanol–water partition coefficient (Wildman–Crippen LogP) is 4.52. The highest BCUT2D eigenvalue weighted by Gasteiger charge is 2.08. The fourth-order valence-electron chi connectivity index (χ4n) is 2.80. The lowest BCUT2D eigenvalue weighted by molar-refractivity contribution is -0.121. The zero-order chi connectivity index (χ0) is 20.4. The summed E-state index contributed by atoms with van der Waals surface area (Å²) in [5.74, 6) is 2.30. The first kappa shape index (κ1) is 21.6. The van der Waals surface area contributed by atoms with E-state index in [-0.39, 0.29) is 12.0 Å². The van der Waals surface area contributed by atoms with Crippen molar-refractivity contribution in [2.24, 2.45) is 0 Å². The van der Waals surface area contributed by atoms with Crippen LogP contribution in [0.25, 0.3) is 0 Å². The molecule has 0 radical (unpaired) electrons. The van der Waals surface area contributed by atoms with Crippen molar-refractivity contribution in [2.75, 3.05) is 13.2 Å². The Hall–Kier alpha value is -2.69. The van der Waals surface area contributed by atoms with E-state index in [9.17, 15) is 4.79 Å². The molecule has 2 aromatic rings. The minimum absolute atomic E-state index is 0.0158. The molecule has 28 heavy (non-hydrogen) atoms. The molecule has 0 saturated carbocycles. The minimum Gasteiger partial charge on any atom is -0.491 e. The maximum atomic E-state index is 12.2. The Morgan fingerprint density at radius 2 is 1.71 bits per heavy atom. The van der Waals surface area contributed by atoms with Crippen LogP contribution in [0.5, 0.6) is 17.2 Å². The molecule has 1 N–H and O–H groups in total. The van der Waals surface area contributed by atoms with E-state index >= 15 is 0 Å². The molecule has 0 fully saturated rings. The smallest absolute Gasteiger partial charge is 0.220 e. The number of nitrogens with one attached hydrogen (secondary N) is 1. The summed E-state index contributed by atoms with van der Waals surface area (Å²) in [4.78, 5) is 12.2. The monoisotopic (exact) mass is 385 g/mol. The topological polar surface area (TPSA) is 56.8 Å². The standard InChI is InChI=1S/C23H31NO4/c1-5-26-21-12-10-18(15-22(21)27-6-2)11-13-23(25)24-16-19-8-7-9-20(14-19)28-17(3)4/h7-10,12,14-15,17H,5-6,11,13,16H2,1-4H3,(H,24,25). The quantitative estimate of drug-likeness (QED) is 0.618. The maximum Gasteiger partial charge on any atom is 0.220 e. The molecule has 0 aromatic heterocycles. The molecule has 0 spiro atoms. The highest BCUT2D eigenvalue weighted by Crippen LogP contribution is 2.29. The van der Waals surface area contributed by atoms with Crippen molar-refractivity contribution in [1.29, 1.82) is 0 Å². The van der Waals surface area contributed by atoms with Gasteiger partial charge >= 0.3 is 0 Å². The molecule has 0 aliphatic heterocycles. The number of rotatable bonds is 11.